The molecule has 0 atom stereocenters. The van der Waals surface area contributed by atoms with E-state index in [4.69, 9.17) is 14.0 Å². The van der Waals surface area contributed by atoms with Crippen LogP contribution in [0, 0.1) is 5.92 Å². The molecule has 3 aliphatic heterocycles. The number of amides is 1. The molecule has 1 aromatic carbocycles. The number of carbonyl (C=O) groups excluding carboxylic acids is 1. The summed E-state index contributed by atoms with van der Waals surface area (Å²) in [4.78, 5) is 18.9. The van der Waals surface area contributed by atoms with Crippen LogP contribution >= 0.6 is 0 Å². The van der Waals surface area contributed by atoms with Crippen molar-refractivity contribution >= 4 is 15.9 Å². The van der Waals surface area contributed by atoms with Crippen molar-refractivity contribution in [3.8, 4) is 11.4 Å². The van der Waals surface area contributed by atoms with Crippen molar-refractivity contribution in [3.63, 3.8) is 0 Å². The van der Waals surface area contributed by atoms with Crippen LogP contribution < -0.4 is 0 Å². The Hall–Kier alpha value is -2.34. The SMILES string of the molecule is CC1CCN(S(=O)(=O)c2ccc(-c3noc(C(=O)N4CCC5(CC4)OCCO5)n3)cc2)CC1. The number of ether oxygens (including phenoxy) is 2. The summed E-state index contributed by atoms with van der Waals surface area (Å²) in [5.74, 6) is -0.200. The van der Waals surface area contributed by atoms with Gasteiger partial charge in [0.15, 0.2) is 5.79 Å². The van der Waals surface area contributed by atoms with Gasteiger partial charge in [-0.1, -0.05) is 12.1 Å². The zero-order valence-electron chi connectivity index (χ0n) is 18.6. The van der Waals surface area contributed by atoms with Gasteiger partial charge in [-0.2, -0.15) is 9.29 Å². The van der Waals surface area contributed by atoms with Crippen LogP contribution in [0.1, 0.15) is 43.3 Å². The molecule has 10 nitrogen and oxygen atoms in total. The van der Waals surface area contributed by atoms with Crippen LogP contribution in [-0.4, -0.2) is 78.9 Å². The predicted molar refractivity (Wildman–Crippen MR) is 117 cm³/mol. The monoisotopic (exact) mass is 476 g/mol. The van der Waals surface area contributed by atoms with Gasteiger partial charge < -0.3 is 18.9 Å². The molecule has 0 N–H and O–H groups in total. The summed E-state index contributed by atoms with van der Waals surface area (Å²) in [6, 6.07) is 6.37. The van der Waals surface area contributed by atoms with E-state index in [1.165, 1.54) is 4.31 Å². The number of piperidine rings is 2. The summed E-state index contributed by atoms with van der Waals surface area (Å²) in [6.45, 7) is 5.35. The second-order valence-electron chi connectivity index (χ2n) is 8.93. The summed E-state index contributed by atoms with van der Waals surface area (Å²) in [5, 5.41) is 3.92. The lowest BCUT2D eigenvalue weighted by Gasteiger charge is -2.36. The molecule has 33 heavy (non-hydrogen) atoms. The first-order valence-corrected chi connectivity index (χ1v) is 12.8. The molecular weight excluding hydrogens is 448 g/mol. The van der Waals surface area contributed by atoms with E-state index in [1.807, 2.05) is 0 Å². The van der Waals surface area contributed by atoms with E-state index in [0.29, 0.717) is 63.7 Å². The lowest BCUT2D eigenvalue weighted by atomic mass is 10.0. The number of carbonyl (C=O) groups is 1. The fraction of sp³-hybridized carbons (Fsp3) is 0.591. The fourth-order valence-electron chi connectivity index (χ4n) is 4.55. The van der Waals surface area contributed by atoms with Crippen LogP contribution in [0.25, 0.3) is 11.4 Å². The molecule has 1 aromatic heterocycles. The van der Waals surface area contributed by atoms with Crippen LogP contribution in [0.2, 0.25) is 0 Å². The van der Waals surface area contributed by atoms with Gasteiger partial charge in [0.05, 0.1) is 18.1 Å². The van der Waals surface area contributed by atoms with Crippen LogP contribution in [0.15, 0.2) is 33.7 Å². The minimum atomic E-state index is -3.53. The number of nitrogens with zero attached hydrogens (tertiary/aromatic N) is 4. The summed E-state index contributed by atoms with van der Waals surface area (Å²) < 4.78 is 44.0. The Labute approximate surface area is 192 Å². The molecule has 0 radical (unpaired) electrons. The van der Waals surface area contributed by atoms with Crippen molar-refractivity contribution in [2.45, 2.75) is 43.3 Å². The van der Waals surface area contributed by atoms with Gasteiger partial charge in [0, 0.05) is 44.6 Å². The number of hydrogen-bond acceptors (Lipinski definition) is 8. The molecule has 3 aliphatic rings. The van der Waals surface area contributed by atoms with Gasteiger partial charge >= 0.3 is 11.8 Å². The van der Waals surface area contributed by atoms with Gasteiger partial charge in [0.1, 0.15) is 0 Å². The van der Waals surface area contributed by atoms with Gasteiger partial charge in [-0.3, -0.25) is 4.79 Å². The van der Waals surface area contributed by atoms with Crippen molar-refractivity contribution in [3.05, 3.63) is 30.2 Å². The molecular formula is C22H28N4O6S. The molecule has 178 valence electrons. The molecule has 2 aromatic rings. The smallest absolute Gasteiger partial charge is 0.316 e. The molecule has 0 saturated carbocycles. The van der Waals surface area contributed by atoms with Gasteiger partial charge in [-0.05, 0) is 43.0 Å². The first-order valence-electron chi connectivity index (χ1n) is 11.4. The average Bonchev–Trinajstić information content (AvgIpc) is 3.50. The first kappa shape index (κ1) is 22.5. The maximum absolute atomic E-state index is 12.9. The molecule has 1 spiro atoms. The Bertz CT molecular complexity index is 1090. The van der Waals surface area contributed by atoms with E-state index in [9.17, 15) is 13.2 Å². The third-order valence-corrected chi connectivity index (χ3v) is 8.64. The third-order valence-electron chi connectivity index (χ3n) is 6.73. The number of sulfonamides is 1. The Balaban J connectivity index is 1.25. The van der Waals surface area contributed by atoms with Crippen LogP contribution in [0.5, 0.6) is 0 Å². The Morgan fingerprint density at radius 1 is 1.03 bits per heavy atom. The van der Waals surface area contributed by atoms with Crippen molar-refractivity contribution < 1.29 is 27.2 Å². The third kappa shape index (κ3) is 4.42. The molecule has 4 heterocycles. The first-order chi connectivity index (χ1) is 15.9. The maximum Gasteiger partial charge on any atom is 0.316 e. The van der Waals surface area contributed by atoms with Crippen molar-refractivity contribution in [1.29, 1.82) is 0 Å². The van der Waals surface area contributed by atoms with E-state index >= 15 is 0 Å². The van der Waals surface area contributed by atoms with Crippen LogP contribution in [0.4, 0.5) is 0 Å². The summed E-state index contributed by atoms with van der Waals surface area (Å²) >= 11 is 0. The molecule has 3 saturated heterocycles. The van der Waals surface area contributed by atoms with Gasteiger partial charge in [-0.15, -0.1) is 0 Å². The Kier molecular flexibility index (Phi) is 5.98. The predicted octanol–water partition coefficient (Wildman–Crippen LogP) is 2.14. The summed E-state index contributed by atoms with van der Waals surface area (Å²) in [7, 11) is -3.53. The van der Waals surface area contributed by atoms with E-state index in [0.717, 1.165) is 12.8 Å². The van der Waals surface area contributed by atoms with E-state index in [2.05, 4.69) is 17.1 Å². The standard InChI is InChI=1S/C22H28N4O6S/c1-16-6-10-26(11-7-16)33(28,29)18-4-2-17(3-5-18)19-23-20(32-24-19)21(27)25-12-8-22(9-13-25)30-14-15-31-22/h2-5,16H,6-15H2,1H3. The van der Waals surface area contributed by atoms with Gasteiger partial charge in [-0.25, -0.2) is 8.42 Å². The highest BCUT2D eigenvalue weighted by Gasteiger charge is 2.41. The van der Waals surface area contributed by atoms with Gasteiger partial charge in [0.2, 0.25) is 15.8 Å². The number of likely N-dealkylation sites (tertiary alicyclic amines) is 1. The number of aromatic nitrogens is 2. The van der Waals surface area contributed by atoms with Crippen molar-refractivity contribution in [2.75, 3.05) is 39.4 Å². The van der Waals surface area contributed by atoms with E-state index < -0.39 is 15.8 Å². The molecule has 5 rings (SSSR count). The maximum atomic E-state index is 12.9. The molecule has 1 amide bonds. The van der Waals surface area contributed by atoms with Crippen LogP contribution in [0.3, 0.4) is 0 Å². The lowest BCUT2D eigenvalue weighted by molar-refractivity contribution is -0.181. The second-order valence-corrected chi connectivity index (χ2v) is 10.9. The number of benzene rings is 1. The molecule has 0 bridgehead atoms. The fourth-order valence-corrected chi connectivity index (χ4v) is 6.02. The largest absolute Gasteiger partial charge is 0.347 e. The van der Waals surface area contributed by atoms with Crippen LogP contribution in [-0.2, 0) is 19.5 Å². The zero-order chi connectivity index (χ0) is 23.1. The van der Waals surface area contributed by atoms with Crippen molar-refractivity contribution in [2.24, 2.45) is 5.92 Å². The second kappa shape index (κ2) is 8.79. The minimum absolute atomic E-state index is 0.0895. The highest BCUT2D eigenvalue weighted by Crippen LogP contribution is 2.32. The summed E-state index contributed by atoms with van der Waals surface area (Å²) in [6.07, 6.45) is 2.95. The van der Waals surface area contributed by atoms with Gasteiger partial charge in [0.25, 0.3) is 0 Å². The highest BCUT2D eigenvalue weighted by molar-refractivity contribution is 7.89. The Morgan fingerprint density at radius 2 is 1.67 bits per heavy atom. The normalized spacial score (nSPS) is 22.2. The van der Waals surface area contributed by atoms with Crippen molar-refractivity contribution in [1.82, 2.24) is 19.3 Å². The highest BCUT2D eigenvalue weighted by atomic mass is 32.2. The molecule has 0 unspecified atom stereocenters. The molecule has 3 fully saturated rings. The Morgan fingerprint density at radius 3 is 2.30 bits per heavy atom. The summed E-state index contributed by atoms with van der Waals surface area (Å²) in [5.41, 5.74) is 0.578. The average molecular weight is 477 g/mol. The molecule has 0 aliphatic carbocycles. The minimum Gasteiger partial charge on any atom is -0.347 e. The van der Waals surface area contributed by atoms with E-state index in [1.54, 1.807) is 29.2 Å². The number of hydrogen-bond donors (Lipinski definition) is 0. The zero-order valence-corrected chi connectivity index (χ0v) is 19.4. The quantitative estimate of drug-likeness (QED) is 0.659. The topological polar surface area (TPSA) is 115 Å². The number of rotatable bonds is 4. The lowest BCUT2D eigenvalue weighted by Crippen LogP contribution is -2.47. The molecule has 11 heteroatoms. The van der Waals surface area contributed by atoms with E-state index in [-0.39, 0.29) is 22.5 Å².